The standard InChI is InChI=1S/C5H11BBrO6P/c6-5-3(7)4(8)2(13-5)1-12-14(9,10)11/h2-5,8H,1,6H2,(H2,9,10,11)/t2?,3-,4-,5-/m1/s1. The third-order valence-corrected chi connectivity index (χ3v) is 3.72. The van der Waals surface area contributed by atoms with Crippen LogP contribution in [0.5, 0.6) is 0 Å². The predicted molar refractivity (Wildman–Crippen MR) is 53.9 cm³/mol. The fourth-order valence-corrected chi connectivity index (χ4v) is 2.03. The molecule has 3 N–H and O–H groups in total. The maximum atomic E-state index is 10.4. The maximum absolute atomic E-state index is 10.4. The van der Waals surface area contributed by atoms with E-state index in [2.05, 4.69) is 20.5 Å². The fourth-order valence-electron chi connectivity index (χ4n) is 1.22. The second kappa shape index (κ2) is 4.61. The summed E-state index contributed by atoms with van der Waals surface area (Å²) >= 11 is 3.21. The summed E-state index contributed by atoms with van der Waals surface area (Å²) in [4.78, 5) is 16.6. The predicted octanol–water partition coefficient (Wildman–Crippen LogP) is -1.42. The number of halogens is 1. The number of phosphoric acid groups is 1. The van der Waals surface area contributed by atoms with Gasteiger partial charge in [0.05, 0.1) is 17.5 Å². The number of phosphoric ester groups is 1. The summed E-state index contributed by atoms with van der Waals surface area (Å²) in [5, 5.41) is 9.52. The number of ether oxygens (including phenoxy) is 1. The smallest absolute Gasteiger partial charge is 0.389 e. The van der Waals surface area contributed by atoms with E-state index in [0.29, 0.717) is 0 Å². The topological polar surface area (TPSA) is 96.2 Å². The van der Waals surface area contributed by atoms with Crippen molar-refractivity contribution >= 4 is 31.6 Å². The summed E-state index contributed by atoms with van der Waals surface area (Å²) in [6.07, 6.45) is -1.53. The van der Waals surface area contributed by atoms with Crippen molar-refractivity contribution in [3.8, 4) is 0 Å². The van der Waals surface area contributed by atoms with Crippen LogP contribution in [0.4, 0.5) is 0 Å². The second-order valence-corrected chi connectivity index (χ2v) is 5.40. The lowest BCUT2D eigenvalue weighted by atomic mass is 9.96. The second-order valence-electron chi connectivity index (χ2n) is 3.10. The van der Waals surface area contributed by atoms with Crippen LogP contribution in [0.1, 0.15) is 0 Å². The molecule has 0 aliphatic carbocycles. The Balaban J connectivity index is 2.44. The molecule has 0 saturated carbocycles. The molecule has 6 nitrogen and oxygen atoms in total. The minimum Gasteiger partial charge on any atom is -0.389 e. The van der Waals surface area contributed by atoms with Crippen LogP contribution < -0.4 is 0 Å². The van der Waals surface area contributed by atoms with Crippen molar-refractivity contribution in [3.63, 3.8) is 0 Å². The van der Waals surface area contributed by atoms with Crippen LogP contribution in [0, 0.1) is 0 Å². The molecule has 1 aliphatic heterocycles. The monoisotopic (exact) mass is 288 g/mol. The van der Waals surface area contributed by atoms with Gasteiger partial charge in [0, 0.05) is 6.00 Å². The molecule has 0 aromatic rings. The van der Waals surface area contributed by atoms with Crippen molar-refractivity contribution in [2.45, 2.75) is 23.0 Å². The van der Waals surface area contributed by atoms with E-state index in [1.54, 1.807) is 7.85 Å². The highest BCUT2D eigenvalue weighted by molar-refractivity contribution is 9.09. The van der Waals surface area contributed by atoms with Gasteiger partial charge in [-0.3, -0.25) is 4.52 Å². The highest BCUT2D eigenvalue weighted by Gasteiger charge is 2.40. The summed E-state index contributed by atoms with van der Waals surface area (Å²) in [5.41, 5.74) is 0. The molecule has 0 aromatic carbocycles. The molecule has 1 heterocycles. The van der Waals surface area contributed by atoms with Gasteiger partial charge in [-0.05, 0) is 0 Å². The molecule has 1 fully saturated rings. The van der Waals surface area contributed by atoms with Gasteiger partial charge in [0.25, 0.3) is 0 Å². The summed E-state index contributed by atoms with van der Waals surface area (Å²) < 4.78 is 19.8. The Morgan fingerprint density at radius 1 is 1.57 bits per heavy atom. The van der Waals surface area contributed by atoms with Gasteiger partial charge in [0.1, 0.15) is 14.0 Å². The minimum absolute atomic E-state index is 0.213. The Morgan fingerprint density at radius 2 is 2.14 bits per heavy atom. The van der Waals surface area contributed by atoms with E-state index < -0.39 is 20.0 Å². The number of rotatable bonds is 3. The third kappa shape index (κ3) is 3.31. The lowest BCUT2D eigenvalue weighted by molar-refractivity contribution is -0.00412. The van der Waals surface area contributed by atoms with E-state index in [4.69, 9.17) is 14.5 Å². The van der Waals surface area contributed by atoms with E-state index in [1.807, 2.05) is 0 Å². The van der Waals surface area contributed by atoms with Gasteiger partial charge in [-0.15, -0.1) is 0 Å². The van der Waals surface area contributed by atoms with Gasteiger partial charge in [-0.1, -0.05) is 15.9 Å². The summed E-state index contributed by atoms with van der Waals surface area (Å²) in [5.74, 6) is 0. The molecule has 0 aromatic heterocycles. The molecule has 0 spiro atoms. The summed E-state index contributed by atoms with van der Waals surface area (Å²) in [7, 11) is -2.74. The zero-order valence-corrected chi connectivity index (χ0v) is 9.89. The lowest BCUT2D eigenvalue weighted by Gasteiger charge is -2.14. The SMILES string of the molecule is B[C@@H]1OC(COP(=O)(O)O)[C@@H](O)[C@H]1Br. The fraction of sp³-hybridized carbons (Fsp3) is 1.00. The number of hydrogen-bond donors (Lipinski definition) is 3. The van der Waals surface area contributed by atoms with Gasteiger partial charge in [0.15, 0.2) is 0 Å². The van der Waals surface area contributed by atoms with Crippen molar-refractivity contribution in [2.75, 3.05) is 6.61 Å². The molecule has 82 valence electrons. The van der Waals surface area contributed by atoms with Gasteiger partial charge in [-0.25, -0.2) is 4.57 Å². The zero-order chi connectivity index (χ0) is 10.9. The highest BCUT2D eigenvalue weighted by Crippen LogP contribution is 2.37. The van der Waals surface area contributed by atoms with Crippen molar-refractivity contribution in [1.82, 2.24) is 0 Å². The van der Waals surface area contributed by atoms with Gasteiger partial charge in [0.2, 0.25) is 0 Å². The third-order valence-electron chi connectivity index (χ3n) is 1.95. The molecule has 14 heavy (non-hydrogen) atoms. The minimum atomic E-state index is -4.49. The Bertz CT molecular complexity index is 246. The van der Waals surface area contributed by atoms with Crippen LogP contribution in [0.3, 0.4) is 0 Å². The average Bonchev–Trinajstić information content (AvgIpc) is 2.28. The largest absolute Gasteiger partial charge is 0.469 e. The number of hydrogen-bond acceptors (Lipinski definition) is 4. The normalized spacial score (nSPS) is 38.9. The van der Waals surface area contributed by atoms with Gasteiger partial charge >= 0.3 is 7.82 Å². The Morgan fingerprint density at radius 3 is 2.50 bits per heavy atom. The molecule has 1 rings (SSSR count). The molecule has 1 aliphatic rings. The molecule has 1 saturated heterocycles. The lowest BCUT2D eigenvalue weighted by Crippen LogP contribution is -2.30. The van der Waals surface area contributed by atoms with E-state index in [-0.39, 0.29) is 17.4 Å². The molecular weight excluding hydrogens is 278 g/mol. The summed E-state index contributed by atoms with van der Waals surface area (Å²) in [6.45, 7) is -0.322. The van der Waals surface area contributed by atoms with E-state index in [1.165, 1.54) is 0 Å². The van der Waals surface area contributed by atoms with Crippen LogP contribution >= 0.6 is 23.8 Å². The maximum Gasteiger partial charge on any atom is 0.469 e. The number of alkyl halides is 1. The van der Waals surface area contributed by atoms with Crippen molar-refractivity contribution in [1.29, 1.82) is 0 Å². The first-order valence-electron chi connectivity index (χ1n) is 3.99. The molecular formula is C5H11BBrO6P. The zero-order valence-electron chi connectivity index (χ0n) is 7.41. The molecule has 0 radical (unpaired) electrons. The van der Waals surface area contributed by atoms with Gasteiger partial charge < -0.3 is 19.6 Å². The van der Waals surface area contributed by atoms with Crippen LogP contribution in [0.25, 0.3) is 0 Å². The number of aliphatic hydroxyl groups is 1. The average molecular weight is 289 g/mol. The van der Waals surface area contributed by atoms with E-state index in [9.17, 15) is 9.67 Å². The van der Waals surface area contributed by atoms with Gasteiger partial charge in [-0.2, -0.15) is 0 Å². The van der Waals surface area contributed by atoms with E-state index in [0.717, 1.165) is 0 Å². The molecule has 1 unspecified atom stereocenters. The molecule has 0 bridgehead atoms. The Hall–Kier alpha value is 0.575. The first-order chi connectivity index (χ1) is 6.31. The first-order valence-corrected chi connectivity index (χ1v) is 6.43. The van der Waals surface area contributed by atoms with Crippen LogP contribution in [-0.2, 0) is 13.8 Å². The van der Waals surface area contributed by atoms with Crippen molar-refractivity contribution in [3.05, 3.63) is 0 Å². The van der Waals surface area contributed by atoms with Crippen LogP contribution in [0.15, 0.2) is 0 Å². The first kappa shape index (κ1) is 12.6. The van der Waals surface area contributed by atoms with Crippen molar-refractivity contribution in [2.24, 2.45) is 0 Å². The quantitative estimate of drug-likeness (QED) is 0.335. The number of aliphatic hydroxyl groups excluding tert-OH is 1. The molecule has 4 atom stereocenters. The van der Waals surface area contributed by atoms with Crippen LogP contribution in [0.2, 0.25) is 0 Å². The molecule has 0 amide bonds. The highest BCUT2D eigenvalue weighted by atomic mass is 79.9. The summed E-state index contributed by atoms with van der Waals surface area (Å²) in [6, 6.07) is -0.213. The Kier molecular flexibility index (Phi) is 4.16. The van der Waals surface area contributed by atoms with Crippen LogP contribution in [-0.4, -0.2) is 52.4 Å². The van der Waals surface area contributed by atoms with Crippen molar-refractivity contribution < 1.29 is 28.7 Å². The molecule has 9 heteroatoms. The van der Waals surface area contributed by atoms with E-state index >= 15 is 0 Å². The Labute approximate surface area is 90.4 Å².